The molecule has 0 amide bonds. The van der Waals surface area contributed by atoms with Crippen molar-refractivity contribution in [2.45, 2.75) is 6.54 Å². The second-order valence-corrected chi connectivity index (χ2v) is 7.09. The first-order chi connectivity index (χ1) is 12.3. The van der Waals surface area contributed by atoms with Gasteiger partial charge in [0.1, 0.15) is 5.01 Å². The average Bonchev–Trinajstić information content (AvgIpc) is 3.11. The van der Waals surface area contributed by atoms with E-state index in [9.17, 15) is 0 Å². The molecule has 0 radical (unpaired) electrons. The van der Waals surface area contributed by atoms with Crippen LogP contribution in [0.1, 0.15) is 5.69 Å². The zero-order chi connectivity index (χ0) is 17.5. The largest absolute Gasteiger partial charge is 0.379 e. The van der Waals surface area contributed by atoms with E-state index in [-0.39, 0.29) is 0 Å². The summed E-state index contributed by atoms with van der Waals surface area (Å²) >= 11 is 3.06. The Morgan fingerprint density at radius 2 is 2.16 bits per heavy atom. The number of ether oxygens (including phenoxy) is 1. The number of nitrogens with zero attached hydrogens (tertiary/aromatic N) is 4. The number of aromatic nitrogens is 1. The van der Waals surface area contributed by atoms with E-state index >= 15 is 0 Å². The van der Waals surface area contributed by atoms with E-state index in [2.05, 4.69) is 20.6 Å². The second-order valence-electron chi connectivity index (χ2n) is 5.44. The van der Waals surface area contributed by atoms with Gasteiger partial charge in [-0.1, -0.05) is 11.8 Å². The van der Waals surface area contributed by atoms with Crippen molar-refractivity contribution in [3.05, 3.63) is 35.3 Å². The molecule has 2 aromatic rings. The summed E-state index contributed by atoms with van der Waals surface area (Å²) in [6.07, 6.45) is 3.77. The Kier molecular flexibility index (Phi) is 6.42. The zero-order valence-electron chi connectivity index (χ0n) is 13.9. The lowest BCUT2D eigenvalue weighted by Crippen LogP contribution is -2.35. The van der Waals surface area contributed by atoms with Crippen molar-refractivity contribution in [3.8, 4) is 16.8 Å². The highest BCUT2D eigenvalue weighted by Crippen LogP contribution is 2.26. The van der Waals surface area contributed by atoms with Crippen LogP contribution in [0.2, 0.25) is 0 Å². The highest BCUT2D eigenvalue weighted by Gasteiger charge is 2.13. The lowest BCUT2D eigenvalue weighted by molar-refractivity contribution is 0.0337. The van der Waals surface area contributed by atoms with Crippen LogP contribution in [0.5, 0.6) is 0 Å². The van der Waals surface area contributed by atoms with Crippen molar-refractivity contribution in [1.29, 1.82) is 5.26 Å². The molecule has 1 aliphatic rings. The average molecular weight is 374 g/mol. The normalized spacial score (nSPS) is 15.8. The van der Waals surface area contributed by atoms with Gasteiger partial charge in [0, 0.05) is 30.6 Å². The molecule has 1 N–H and O–H groups in total. The van der Waals surface area contributed by atoms with E-state index in [0.717, 1.165) is 54.8 Å². The van der Waals surface area contributed by atoms with Gasteiger partial charge in [0.2, 0.25) is 0 Å². The first-order valence-corrected chi connectivity index (χ1v) is 10.0. The van der Waals surface area contributed by atoms with Crippen LogP contribution in [0.25, 0.3) is 10.6 Å². The lowest BCUT2D eigenvalue weighted by Gasteiger charge is -2.25. The Balaban J connectivity index is 1.67. The number of rotatable bonds is 4. The fourth-order valence-electron chi connectivity index (χ4n) is 2.47. The molecule has 0 atom stereocenters. The van der Waals surface area contributed by atoms with E-state index in [4.69, 9.17) is 15.0 Å². The summed E-state index contributed by atoms with van der Waals surface area (Å²) in [6, 6.07) is 7.91. The van der Waals surface area contributed by atoms with Gasteiger partial charge < -0.3 is 4.74 Å². The molecule has 1 aromatic heterocycles. The molecular formula is C17H19N5OS2. The third-order valence-corrected chi connectivity index (χ3v) is 5.26. The van der Waals surface area contributed by atoms with Crippen LogP contribution >= 0.6 is 23.1 Å². The summed E-state index contributed by atoms with van der Waals surface area (Å²) in [5.41, 5.74) is 2.99. The lowest BCUT2D eigenvalue weighted by atomic mass is 10.2. The van der Waals surface area contributed by atoms with E-state index < -0.39 is 0 Å². The van der Waals surface area contributed by atoms with Crippen molar-refractivity contribution in [3.63, 3.8) is 0 Å². The molecule has 0 bridgehead atoms. The number of amidine groups is 1. The van der Waals surface area contributed by atoms with Gasteiger partial charge in [-0.3, -0.25) is 10.2 Å². The number of thiazole rings is 1. The molecule has 1 saturated heterocycles. The fourth-order valence-corrected chi connectivity index (χ4v) is 3.63. The van der Waals surface area contributed by atoms with Crippen molar-refractivity contribution in [1.82, 2.24) is 15.2 Å². The Hall–Kier alpha value is -1.92. The van der Waals surface area contributed by atoms with Gasteiger partial charge in [0.05, 0.1) is 24.6 Å². The van der Waals surface area contributed by atoms with Crippen LogP contribution < -0.4 is 5.32 Å². The number of nitriles is 1. The zero-order valence-corrected chi connectivity index (χ0v) is 15.6. The number of thioether (sulfide) groups is 1. The molecule has 3 rings (SSSR count). The van der Waals surface area contributed by atoms with Crippen LogP contribution in [0.3, 0.4) is 0 Å². The smallest absolute Gasteiger partial charge is 0.183 e. The monoisotopic (exact) mass is 373 g/mol. The molecule has 130 valence electrons. The second kappa shape index (κ2) is 8.97. The first-order valence-electron chi connectivity index (χ1n) is 7.91. The highest BCUT2D eigenvalue weighted by atomic mass is 32.2. The van der Waals surface area contributed by atoms with E-state index in [1.807, 2.05) is 36.7 Å². The summed E-state index contributed by atoms with van der Waals surface area (Å²) in [4.78, 5) is 11.5. The van der Waals surface area contributed by atoms with E-state index in [0.29, 0.717) is 5.17 Å². The SMILES string of the molecule is CSC(=Nc1ccc(-c2nc(CN3CCOCC3)cs2)cc1)NC#N. The number of hydrogen-bond donors (Lipinski definition) is 1. The summed E-state index contributed by atoms with van der Waals surface area (Å²) in [6.45, 7) is 4.41. The van der Waals surface area contributed by atoms with Crippen LogP contribution in [-0.2, 0) is 11.3 Å². The fraction of sp³-hybridized carbons (Fsp3) is 0.353. The van der Waals surface area contributed by atoms with Gasteiger partial charge in [-0.15, -0.1) is 11.3 Å². The molecule has 0 unspecified atom stereocenters. The third-order valence-electron chi connectivity index (χ3n) is 3.74. The molecule has 1 fully saturated rings. The topological polar surface area (TPSA) is 73.5 Å². The molecule has 1 aromatic carbocycles. The number of hydrogen-bond acceptors (Lipinski definition) is 7. The number of benzene rings is 1. The maximum absolute atomic E-state index is 8.69. The minimum Gasteiger partial charge on any atom is -0.379 e. The molecule has 2 heterocycles. The molecule has 6 nitrogen and oxygen atoms in total. The minimum atomic E-state index is 0.581. The Morgan fingerprint density at radius 1 is 1.40 bits per heavy atom. The summed E-state index contributed by atoms with van der Waals surface area (Å²) in [5, 5.41) is 15.0. The van der Waals surface area contributed by atoms with Gasteiger partial charge >= 0.3 is 0 Å². The Labute approximate surface area is 155 Å². The molecule has 0 aliphatic carbocycles. The van der Waals surface area contributed by atoms with Crippen molar-refractivity contribution < 1.29 is 4.74 Å². The molecule has 0 saturated carbocycles. The molecule has 25 heavy (non-hydrogen) atoms. The van der Waals surface area contributed by atoms with Crippen LogP contribution in [0, 0.1) is 11.5 Å². The van der Waals surface area contributed by atoms with Crippen molar-refractivity contribution in [2.24, 2.45) is 4.99 Å². The first kappa shape index (κ1) is 17.9. The molecule has 0 spiro atoms. The van der Waals surface area contributed by atoms with E-state index in [1.165, 1.54) is 11.8 Å². The van der Waals surface area contributed by atoms with Crippen LogP contribution in [0.4, 0.5) is 5.69 Å². The molecule has 8 heteroatoms. The minimum absolute atomic E-state index is 0.581. The predicted molar refractivity (Wildman–Crippen MR) is 103 cm³/mol. The standard InChI is InChI=1S/C17H19N5OS2/c1-24-17(19-12-18)21-14-4-2-13(3-5-14)16-20-15(11-25-16)10-22-6-8-23-9-7-22/h2-5,11H,6-10H2,1H3,(H,19,21). The highest BCUT2D eigenvalue weighted by molar-refractivity contribution is 8.13. The maximum atomic E-state index is 8.69. The Morgan fingerprint density at radius 3 is 2.84 bits per heavy atom. The van der Waals surface area contributed by atoms with Crippen LogP contribution in [0.15, 0.2) is 34.6 Å². The van der Waals surface area contributed by atoms with E-state index in [1.54, 1.807) is 11.3 Å². The Bertz CT molecular complexity index is 760. The molecular weight excluding hydrogens is 354 g/mol. The third kappa shape index (κ3) is 5.03. The summed E-state index contributed by atoms with van der Waals surface area (Å²) in [7, 11) is 0. The maximum Gasteiger partial charge on any atom is 0.183 e. The van der Waals surface area contributed by atoms with Gasteiger partial charge in [-0.05, 0) is 30.5 Å². The summed E-state index contributed by atoms with van der Waals surface area (Å²) in [5.74, 6) is 0. The van der Waals surface area contributed by atoms with Gasteiger partial charge in [-0.2, -0.15) is 5.26 Å². The van der Waals surface area contributed by atoms with Crippen molar-refractivity contribution >= 4 is 34.0 Å². The number of nitrogens with one attached hydrogen (secondary N) is 1. The predicted octanol–water partition coefficient (Wildman–Crippen LogP) is 3.06. The molecule has 1 aliphatic heterocycles. The van der Waals surface area contributed by atoms with Gasteiger partial charge in [0.25, 0.3) is 0 Å². The van der Waals surface area contributed by atoms with Gasteiger partial charge in [0.15, 0.2) is 11.4 Å². The quantitative estimate of drug-likeness (QED) is 0.384. The summed E-state index contributed by atoms with van der Waals surface area (Å²) < 4.78 is 5.38. The number of aliphatic imine (C=N–C) groups is 1. The van der Waals surface area contributed by atoms with Gasteiger partial charge in [-0.25, -0.2) is 9.98 Å². The number of morpholine rings is 1. The van der Waals surface area contributed by atoms with Crippen LogP contribution in [-0.4, -0.2) is 47.6 Å². The van der Waals surface area contributed by atoms with Crippen molar-refractivity contribution in [2.75, 3.05) is 32.6 Å².